The van der Waals surface area contributed by atoms with Crippen molar-refractivity contribution in [3.63, 3.8) is 0 Å². The monoisotopic (exact) mass is 419 g/mol. The van der Waals surface area contributed by atoms with Crippen molar-refractivity contribution in [3.05, 3.63) is 84.4 Å². The van der Waals surface area contributed by atoms with Crippen LogP contribution in [0.25, 0.3) is 11.1 Å². The largest absolute Gasteiger partial charge is 0.496 e. The summed E-state index contributed by atoms with van der Waals surface area (Å²) < 4.78 is 15.9. The lowest BCUT2D eigenvalue weighted by atomic mass is 10.1. The van der Waals surface area contributed by atoms with Crippen LogP contribution >= 0.6 is 0 Å². The summed E-state index contributed by atoms with van der Waals surface area (Å²) >= 11 is 0. The van der Waals surface area contributed by atoms with E-state index in [1.54, 1.807) is 13.2 Å². The third-order valence-corrected chi connectivity index (χ3v) is 4.59. The molecule has 31 heavy (non-hydrogen) atoms. The van der Waals surface area contributed by atoms with Crippen LogP contribution in [0, 0.1) is 0 Å². The fraction of sp³-hybridized carbons (Fsp3) is 0.200. The Bertz CT molecular complexity index is 1000. The van der Waals surface area contributed by atoms with E-state index >= 15 is 0 Å². The number of amides is 1. The number of nitrogens with one attached hydrogen (secondary N) is 1. The fourth-order valence-corrected chi connectivity index (χ4v) is 3.07. The molecule has 0 saturated heterocycles. The van der Waals surface area contributed by atoms with Gasteiger partial charge in [0, 0.05) is 12.1 Å². The molecule has 0 radical (unpaired) electrons. The Hall–Kier alpha value is -3.80. The Morgan fingerprint density at radius 3 is 2.26 bits per heavy atom. The van der Waals surface area contributed by atoms with Gasteiger partial charge in [-0.2, -0.15) is 0 Å². The molecular weight excluding hydrogens is 394 g/mol. The SMILES string of the molecule is COc1ccccc1CCNC(=O)COC(=O)COc1ccccc1-c1ccccc1. The molecule has 0 spiro atoms. The molecule has 0 heterocycles. The highest BCUT2D eigenvalue weighted by Gasteiger charge is 2.11. The summed E-state index contributed by atoms with van der Waals surface area (Å²) in [5, 5.41) is 2.73. The summed E-state index contributed by atoms with van der Waals surface area (Å²) in [5.74, 6) is 0.374. The normalized spacial score (nSPS) is 10.2. The Morgan fingerprint density at radius 1 is 0.806 bits per heavy atom. The summed E-state index contributed by atoms with van der Waals surface area (Å²) in [7, 11) is 1.61. The maximum absolute atomic E-state index is 12.0. The van der Waals surface area contributed by atoms with E-state index in [-0.39, 0.29) is 19.1 Å². The molecule has 1 N–H and O–H groups in total. The standard InChI is InChI=1S/C25H25NO5/c1-29-22-13-7-5-11-20(22)15-16-26-24(27)17-31-25(28)18-30-23-14-8-6-12-21(23)19-9-3-2-4-10-19/h2-14H,15-18H2,1H3,(H,26,27). The van der Waals surface area contributed by atoms with Crippen molar-refractivity contribution in [2.45, 2.75) is 6.42 Å². The summed E-state index contributed by atoms with van der Waals surface area (Å²) in [6.45, 7) is -0.218. The molecule has 6 nitrogen and oxygen atoms in total. The van der Waals surface area contributed by atoms with Crippen molar-refractivity contribution in [2.24, 2.45) is 0 Å². The average molecular weight is 419 g/mol. The highest BCUT2D eigenvalue weighted by Crippen LogP contribution is 2.29. The van der Waals surface area contributed by atoms with Crippen LogP contribution in [-0.4, -0.2) is 38.7 Å². The van der Waals surface area contributed by atoms with Crippen LogP contribution in [0.4, 0.5) is 0 Å². The third kappa shape index (κ3) is 6.60. The van der Waals surface area contributed by atoms with Gasteiger partial charge in [-0.25, -0.2) is 4.79 Å². The molecule has 160 valence electrons. The van der Waals surface area contributed by atoms with Gasteiger partial charge < -0.3 is 19.5 Å². The molecule has 0 saturated carbocycles. The lowest BCUT2D eigenvalue weighted by Gasteiger charge is -2.12. The van der Waals surface area contributed by atoms with Gasteiger partial charge in [0.2, 0.25) is 0 Å². The molecule has 0 atom stereocenters. The topological polar surface area (TPSA) is 73.9 Å². The van der Waals surface area contributed by atoms with Gasteiger partial charge in [0.15, 0.2) is 13.2 Å². The number of methoxy groups -OCH3 is 1. The first-order chi connectivity index (χ1) is 15.2. The predicted molar refractivity (Wildman–Crippen MR) is 118 cm³/mol. The molecule has 3 aromatic rings. The van der Waals surface area contributed by atoms with Crippen LogP contribution in [-0.2, 0) is 20.7 Å². The van der Waals surface area contributed by atoms with E-state index in [1.807, 2.05) is 72.8 Å². The first kappa shape index (κ1) is 21.9. The van der Waals surface area contributed by atoms with Crippen molar-refractivity contribution in [3.8, 4) is 22.6 Å². The number of para-hydroxylation sites is 2. The zero-order valence-electron chi connectivity index (χ0n) is 17.4. The molecule has 0 fully saturated rings. The van der Waals surface area contributed by atoms with Gasteiger partial charge in [0.1, 0.15) is 11.5 Å². The van der Waals surface area contributed by atoms with Crippen molar-refractivity contribution in [1.82, 2.24) is 5.32 Å². The second kappa shape index (κ2) is 11.4. The molecule has 0 unspecified atom stereocenters. The molecule has 0 aliphatic carbocycles. The highest BCUT2D eigenvalue weighted by atomic mass is 16.6. The van der Waals surface area contributed by atoms with Crippen LogP contribution in [0.1, 0.15) is 5.56 Å². The van der Waals surface area contributed by atoms with Gasteiger partial charge in [-0.3, -0.25) is 4.79 Å². The van der Waals surface area contributed by atoms with Gasteiger partial charge >= 0.3 is 5.97 Å². The maximum Gasteiger partial charge on any atom is 0.344 e. The van der Waals surface area contributed by atoms with E-state index in [9.17, 15) is 9.59 Å². The van der Waals surface area contributed by atoms with Gasteiger partial charge in [-0.05, 0) is 29.7 Å². The van der Waals surface area contributed by atoms with Crippen LogP contribution in [0.5, 0.6) is 11.5 Å². The Labute approximate surface area is 181 Å². The van der Waals surface area contributed by atoms with E-state index in [0.29, 0.717) is 18.7 Å². The van der Waals surface area contributed by atoms with E-state index in [0.717, 1.165) is 22.4 Å². The predicted octanol–water partition coefficient (Wildman–Crippen LogP) is 3.64. The van der Waals surface area contributed by atoms with Crippen LogP contribution < -0.4 is 14.8 Å². The van der Waals surface area contributed by atoms with E-state index in [1.165, 1.54) is 0 Å². The van der Waals surface area contributed by atoms with Crippen LogP contribution in [0.15, 0.2) is 78.9 Å². The zero-order valence-corrected chi connectivity index (χ0v) is 17.4. The molecule has 0 aliphatic rings. The number of benzene rings is 3. The molecule has 0 bridgehead atoms. The number of hydrogen-bond acceptors (Lipinski definition) is 5. The fourth-order valence-electron chi connectivity index (χ4n) is 3.07. The Balaban J connectivity index is 1.41. The minimum absolute atomic E-state index is 0.279. The number of ether oxygens (including phenoxy) is 3. The van der Waals surface area contributed by atoms with Crippen molar-refractivity contribution in [1.29, 1.82) is 0 Å². The van der Waals surface area contributed by atoms with Crippen LogP contribution in [0.3, 0.4) is 0 Å². The second-order valence-electron chi connectivity index (χ2n) is 6.72. The smallest absolute Gasteiger partial charge is 0.344 e. The highest BCUT2D eigenvalue weighted by molar-refractivity contribution is 5.81. The maximum atomic E-state index is 12.0. The second-order valence-corrected chi connectivity index (χ2v) is 6.72. The summed E-state index contributed by atoms with van der Waals surface area (Å²) in [6, 6.07) is 24.8. The Morgan fingerprint density at radius 2 is 1.48 bits per heavy atom. The van der Waals surface area contributed by atoms with Gasteiger partial charge in [-0.15, -0.1) is 0 Å². The molecule has 3 rings (SSSR count). The van der Waals surface area contributed by atoms with Gasteiger partial charge in [0.25, 0.3) is 5.91 Å². The number of esters is 1. The molecule has 0 aromatic heterocycles. The zero-order chi connectivity index (χ0) is 21.9. The molecule has 6 heteroatoms. The summed E-state index contributed by atoms with van der Waals surface area (Å²) in [5.41, 5.74) is 2.86. The van der Waals surface area contributed by atoms with Crippen molar-refractivity contribution >= 4 is 11.9 Å². The molecule has 0 aliphatic heterocycles. The number of rotatable bonds is 10. The lowest BCUT2D eigenvalue weighted by Crippen LogP contribution is -2.31. The minimum Gasteiger partial charge on any atom is -0.496 e. The van der Waals surface area contributed by atoms with E-state index in [2.05, 4.69) is 5.32 Å². The molecule has 3 aromatic carbocycles. The Kier molecular flexibility index (Phi) is 8.05. The van der Waals surface area contributed by atoms with E-state index in [4.69, 9.17) is 14.2 Å². The number of hydrogen-bond donors (Lipinski definition) is 1. The quantitative estimate of drug-likeness (QED) is 0.508. The molecule has 1 amide bonds. The van der Waals surface area contributed by atoms with E-state index < -0.39 is 5.97 Å². The van der Waals surface area contributed by atoms with Crippen molar-refractivity contribution < 1.29 is 23.8 Å². The van der Waals surface area contributed by atoms with Crippen molar-refractivity contribution in [2.75, 3.05) is 26.9 Å². The summed E-state index contributed by atoms with van der Waals surface area (Å²) in [4.78, 5) is 23.9. The first-order valence-electron chi connectivity index (χ1n) is 9.99. The lowest BCUT2D eigenvalue weighted by molar-refractivity contribution is -0.150. The first-order valence-corrected chi connectivity index (χ1v) is 9.99. The summed E-state index contributed by atoms with van der Waals surface area (Å²) in [6.07, 6.45) is 0.614. The average Bonchev–Trinajstić information content (AvgIpc) is 2.82. The number of carbonyl (C=O) groups is 2. The minimum atomic E-state index is -0.609. The van der Waals surface area contributed by atoms with Crippen LogP contribution in [0.2, 0.25) is 0 Å². The molecular formula is C25H25NO5. The van der Waals surface area contributed by atoms with Gasteiger partial charge in [0.05, 0.1) is 7.11 Å². The third-order valence-electron chi connectivity index (χ3n) is 4.59. The number of carbonyl (C=O) groups excluding carboxylic acids is 2. The van der Waals surface area contributed by atoms with Gasteiger partial charge in [-0.1, -0.05) is 66.7 Å².